The molecule has 1 aliphatic rings. The number of rotatable bonds is 3. The lowest BCUT2D eigenvalue weighted by molar-refractivity contribution is 0.0522. The Bertz CT molecular complexity index is 632. The molecule has 0 N–H and O–H groups in total. The summed E-state index contributed by atoms with van der Waals surface area (Å²) in [4.78, 5) is 30.6. The third-order valence-electron chi connectivity index (χ3n) is 3.46. The van der Waals surface area contributed by atoms with Gasteiger partial charge < -0.3 is 9.64 Å². The second kappa shape index (κ2) is 6.11. The van der Waals surface area contributed by atoms with E-state index in [-0.39, 0.29) is 23.8 Å². The third-order valence-corrected chi connectivity index (χ3v) is 3.46. The molecule has 0 aliphatic carbocycles. The molecular weight excluding hydrogens is 270 g/mol. The first-order chi connectivity index (χ1) is 9.95. The fourth-order valence-electron chi connectivity index (χ4n) is 2.50. The van der Waals surface area contributed by atoms with E-state index in [1.165, 1.54) is 6.20 Å². The maximum atomic E-state index is 12.6. The Kier molecular flexibility index (Phi) is 4.45. The first-order valence-corrected chi connectivity index (χ1v) is 7.11. The number of carbonyl (C=O) groups is 1. The molecule has 0 fully saturated rings. The average molecular weight is 291 g/mol. The highest BCUT2D eigenvalue weighted by Gasteiger charge is 2.25. The summed E-state index contributed by atoms with van der Waals surface area (Å²) in [5.74, 6) is 0.0294. The Morgan fingerprint density at radius 1 is 1.57 bits per heavy atom. The van der Waals surface area contributed by atoms with Crippen molar-refractivity contribution in [3.05, 3.63) is 34.1 Å². The highest BCUT2D eigenvalue weighted by Crippen LogP contribution is 2.29. The molecule has 114 valence electrons. The summed E-state index contributed by atoms with van der Waals surface area (Å²) in [6.07, 6.45) is 5.01. The van der Waals surface area contributed by atoms with Crippen LogP contribution in [0, 0.1) is 0 Å². The summed E-state index contributed by atoms with van der Waals surface area (Å²) in [6.45, 7) is 3.91. The minimum atomic E-state index is -0.610. The van der Waals surface area contributed by atoms with E-state index in [9.17, 15) is 9.59 Å². The van der Waals surface area contributed by atoms with Gasteiger partial charge in [0.15, 0.2) is 0 Å². The summed E-state index contributed by atoms with van der Waals surface area (Å²) >= 11 is 0. The summed E-state index contributed by atoms with van der Waals surface area (Å²) in [7, 11) is 3.86. The van der Waals surface area contributed by atoms with Gasteiger partial charge >= 0.3 is 5.97 Å². The molecule has 0 bridgehead atoms. The molecule has 2 rings (SSSR count). The van der Waals surface area contributed by atoms with Crippen molar-refractivity contribution in [2.75, 3.05) is 20.7 Å². The smallest absolute Gasteiger partial charge is 0.345 e. The third kappa shape index (κ3) is 2.99. The summed E-state index contributed by atoms with van der Waals surface area (Å²) in [5.41, 5.74) is 0.680. The minimum absolute atomic E-state index is 0.00134. The van der Waals surface area contributed by atoms with Crippen LogP contribution in [0.15, 0.2) is 17.2 Å². The summed E-state index contributed by atoms with van der Waals surface area (Å²) < 4.78 is 6.51. The molecule has 6 nitrogen and oxygen atoms in total. The van der Waals surface area contributed by atoms with Gasteiger partial charge in [0, 0.05) is 38.1 Å². The second-order valence-electron chi connectivity index (χ2n) is 5.40. The van der Waals surface area contributed by atoms with Crippen LogP contribution in [-0.2, 0) is 4.74 Å². The highest BCUT2D eigenvalue weighted by molar-refractivity contribution is 5.88. The van der Waals surface area contributed by atoms with Crippen LogP contribution < -0.4 is 5.56 Å². The van der Waals surface area contributed by atoms with Crippen molar-refractivity contribution in [1.82, 2.24) is 14.5 Å². The number of nitrogens with zero attached hydrogens (tertiary/aromatic N) is 3. The molecule has 1 unspecified atom stereocenters. The van der Waals surface area contributed by atoms with Gasteiger partial charge in [0.1, 0.15) is 11.4 Å². The molecule has 1 atom stereocenters. The van der Waals surface area contributed by atoms with Crippen LogP contribution in [-0.4, -0.2) is 41.1 Å². The number of carbonyl (C=O) groups excluding carboxylic acids is 1. The Labute approximate surface area is 124 Å². The molecule has 1 aliphatic heterocycles. The number of fused-ring (bicyclic) bond motifs is 1. The first-order valence-electron chi connectivity index (χ1n) is 7.11. The maximum absolute atomic E-state index is 12.6. The van der Waals surface area contributed by atoms with E-state index in [0.717, 1.165) is 18.4 Å². The summed E-state index contributed by atoms with van der Waals surface area (Å²) in [6, 6.07) is 0.0219. The van der Waals surface area contributed by atoms with Crippen molar-refractivity contribution in [2.24, 2.45) is 0 Å². The van der Waals surface area contributed by atoms with Gasteiger partial charge in [-0.2, -0.15) is 0 Å². The van der Waals surface area contributed by atoms with Crippen molar-refractivity contribution < 1.29 is 9.53 Å². The molecule has 2 heterocycles. The van der Waals surface area contributed by atoms with E-state index in [4.69, 9.17) is 4.74 Å². The van der Waals surface area contributed by atoms with E-state index in [1.54, 1.807) is 11.5 Å². The van der Waals surface area contributed by atoms with Crippen LogP contribution >= 0.6 is 0 Å². The fourth-order valence-corrected chi connectivity index (χ4v) is 2.50. The van der Waals surface area contributed by atoms with Gasteiger partial charge in [0.05, 0.1) is 6.61 Å². The van der Waals surface area contributed by atoms with Gasteiger partial charge in [0.2, 0.25) is 0 Å². The van der Waals surface area contributed by atoms with Crippen LogP contribution in [0.1, 0.15) is 48.9 Å². The van der Waals surface area contributed by atoms with Crippen molar-refractivity contribution in [3.8, 4) is 0 Å². The van der Waals surface area contributed by atoms with Crippen LogP contribution in [0.3, 0.4) is 0 Å². The van der Waals surface area contributed by atoms with E-state index in [0.29, 0.717) is 5.82 Å². The molecule has 0 saturated heterocycles. The molecule has 0 radical (unpaired) electrons. The van der Waals surface area contributed by atoms with Gasteiger partial charge in [-0.1, -0.05) is 0 Å². The molecule has 0 amide bonds. The van der Waals surface area contributed by atoms with Gasteiger partial charge in [0.25, 0.3) is 5.56 Å². The SMILES string of the molecule is CCOC(=O)c1cnc2n(c1=O)C(C)CC/C2=C\N(C)C. The zero-order valence-electron chi connectivity index (χ0n) is 12.9. The Hall–Kier alpha value is -2.11. The topological polar surface area (TPSA) is 64.4 Å². The zero-order chi connectivity index (χ0) is 15.6. The van der Waals surface area contributed by atoms with Crippen LogP contribution in [0.4, 0.5) is 0 Å². The number of aromatic nitrogens is 2. The van der Waals surface area contributed by atoms with Crippen molar-refractivity contribution in [1.29, 1.82) is 0 Å². The second-order valence-corrected chi connectivity index (χ2v) is 5.40. The molecule has 1 aromatic heterocycles. The van der Waals surface area contributed by atoms with Gasteiger partial charge in [-0.25, -0.2) is 9.78 Å². The van der Waals surface area contributed by atoms with E-state index >= 15 is 0 Å². The average Bonchev–Trinajstić information content (AvgIpc) is 2.41. The van der Waals surface area contributed by atoms with Crippen molar-refractivity contribution in [2.45, 2.75) is 32.7 Å². The molecule has 6 heteroatoms. The maximum Gasteiger partial charge on any atom is 0.345 e. The van der Waals surface area contributed by atoms with E-state index in [1.807, 2.05) is 32.1 Å². The van der Waals surface area contributed by atoms with Crippen LogP contribution in [0.5, 0.6) is 0 Å². The number of allylic oxidation sites excluding steroid dienone is 1. The lowest BCUT2D eigenvalue weighted by Gasteiger charge is -2.27. The monoisotopic (exact) mass is 291 g/mol. The fraction of sp³-hybridized carbons (Fsp3) is 0.533. The largest absolute Gasteiger partial charge is 0.462 e. The molecule has 0 aromatic carbocycles. The molecular formula is C15H21N3O3. The van der Waals surface area contributed by atoms with Crippen LogP contribution in [0.2, 0.25) is 0 Å². The van der Waals surface area contributed by atoms with E-state index < -0.39 is 5.97 Å². The standard InChI is InChI=1S/C15H21N3O3/c1-5-21-15(20)12-8-16-13-11(9-17(3)4)7-6-10(2)18(13)14(12)19/h8-10H,5-7H2,1-4H3/b11-9+. The Morgan fingerprint density at radius 3 is 2.90 bits per heavy atom. The predicted octanol–water partition coefficient (Wildman–Crippen LogP) is 1.68. The van der Waals surface area contributed by atoms with Crippen LogP contribution in [0.25, 0.3) is 5.57 Å². The number of hydrogen-bond donors (Lipinski definition) is 0. The van der Waals surface area contributed by atoms with Gasteiger partial charge in [-0.05, 0) is 26.7 Å². The quantitative estimate of drug-likeness (QED) is 0.793. The Balaban J connectivity index is 2.56. The molecule has 21 heavy (non-hydrogen) atoms. The number of esters is 1. The number of hydrogen-bond acceptors (Lipinski definition) is 5. The molecule has 0 saturated carbocycles. The molecule has 1 aromatic rings. The normalized spacial score (nSPS) is 19.2. The minimum Gasteiger partial charge on any atom is -0.462 e. The van der Waals surface area contributed by atoms with Crippen molar-refractivity contribution in [3.63, 3.8) is 0 Å². The first kappa shape index (κ1) is 15.3. The van der Waals surface area contributed by atoms with E-state index in [2.05, 4.69) is 4.98 Å². The predicted molar refractivity (Wildman–Crippen MR) is 80.1 cm³/mol. The lowest BCUT2D eigenvalue weighted by atomic mass is 10.0. The number of ether oxygens (including phenoxy) is 1. The zero-order valence-corrected chi connectivity index (χ0v) is 12.9. The van der Waals surface area contributed by atoms with Gasteiger partial charge in [-0.3, -0.25) is 9.36 Å². The summed E-state index contributed by atoms with van der Waals surface area (Å²) in [5, 5.41) is 0. The Morgan fingerprint density at radius 2 is 2.29 bits per heavy atom. The van der Waals surface area contributed by atoms with Gasteiger partial charge in [-0.15, -0.1) is 0 Å². The highest BCUT2D eigenvalue weighted by atomic mass is 16.5. The lowest BCUT2D eigenvalue weighted by Crippen LogP contribution is -2.34. The molecule has 0 spiro atoms. The van der Waals surface area contributed by atoms with Crippen molar-refractivity contribution >= 4 is 11.5 Å².